The van der Waals surface area contributed by atoms with Gasteiger partial charge < -0.3 is 9.47 Å². The van der Waals surface area contributed by atoms with Crippen LogP contribution >= 0.6 is 0 Å². The molecule has 0 unspecified atom stereocenters. The Morgan fingerprint density at radius 1 is 1.04 bits per heavy atom. The van der Waals surface area contributed by atoms with Crippen molar-refractivity contribution in [2.75, 3.05) is 6.61 Å². The van der Waals surface area contributed by atoms with Gasteiger partial charge in [0.1, 0.15) is 19.1 Å². The van der Waals surface area contributed by atoms with Gasteiger partial charge in [0.15, 0.2) is 0 Å². The quantitative estimate of drug-likeness (QED) is 0.425. The number of ether oxygens (including phenoxy) is 2. The van der Waals surface area contributed by atoms with Gasteiger partial charge in [0, 0.05) is 32.3 Å². The minimum atomic E-state index is -1.04. The Morgan fingerprint density at radius 3 is 2.60 bits per heavy atom. The van der Waals surface area contributed by atoms with Crippen LogP contribution in [0.5, 0.6) is 5.75 Å². The molecule has 4 nitrogen and oxygen atoms in total. The van der Waals surface area contributed by atoms with Crippen LogP contribution in [0.1, 0.15) is 5.56 Å². The highest BCUT2D eigenvalue weighted by Gasteiger charge is 2.12. The van der Waals surface area contributed by atoms with Gasteiger partial charge in [-0.2, -0.15) is 5.10 Å². The van der Waals surface area contributed by atoms with Crippen LogP contribution in [0.3, 0.4) is 0 Å². The van der Waals surface area contributed by atoms with E-state index in [1.54, 1.807) is 0 Å². The van der Waals surface area contributed by atoms with Gasteiger partial charge in [-0.05, 0) is 23.7 Å². The van der Waals surface area contributed by atoms with Crippen LogP contribution in [0.2, 0.25) is 25.7 Å². The second kappa shape index (κ2) is 7.85. The van der Waals surface area contributed by atoms with E-state index in [2.05, 4.69) is 36.9 Å². The first-order valence-electron chi connectivity index (χ1n) is 8.71. The van der Waals surface area contributed by atoms with Crippen molar-refractivity contribution >= 4 is 19.0 Å². The van der Waals surface area contributed by atoms with E-state index in [9.17, 15) is 0 Å². The molecular formula is C20H26N2O2Si. The average molecular weight is 355 g/mol. The Hall–Kier alpha value is -2.11. The number of nitrogens with zero attached hydrogens (tertiary/aromatic N) is 2. The molecular weight excluding hydrogens is 328 g/mol. The Balaban J connectivity index is 1.57. The maximum absolute atomic E-state index is 5.87. The van der Waals surface area contributed by atoms with E-state index in [0.717, 1.165) is 28.8 Å². The zero-order chi connectivity index (χ0) is 17.7. The molecule has 0 bridgehead atoms. The average Bonchev–Trinajstić information content (AvgIpc) is 2.99. The SMILES string of the molecule is C[Si](C)(C)CCOCn1cc2ccc(OCc3ccccc3)cc2n1. The van der Waals surface area contributed by atoms with Crippen molar-refractivity contribution in [3.05, 3.63) is 60.3 Å². The van der Waals surface area contributed by atoms with E-state index >= 15 is 0 Å². The van der Waals surface area contributed by atoms with Crippen molar-refractivity contribution in [3.63, 3.8) is 0 Å². The molecule has 3 aromatic rings. The molecule has 25 heavy (non-hydrogen) atoms. The molecule has 0 fully saturated rings. The van der Waals surface area contributed by atoms with E-state index in [1.807, 2.05) is 47.3 Å². The van der Waals surface area contributed by atoms with Crippen molar-refractivity contribution in [1.29, 1.82) is 0 Å². The highest BCUT2D eigenvalue weighted by Crippen LogP contribution is 2.20. The van der Waals surface area contributed by atoms with Crippen LogP contribution in [0.4, 0.5) is 0 Å². The lowest BCUT2D eigenvalue weighted by molar-refractivity contribution is 0.0791. The number of aromatic nitrogens is 2. The summed E-state index contributed by atoms with van der Waals surface area (Å²) in [5.41, 5.74) is 2.09. The highest BCUT2D eigenvalue weighted by atomic mass is 28.3. The van der Waals surface area contributed by atoms with Gasteiger partial charge in [0.25, 0.3) is 0 Å². The molecule has 1 heterocycles. The largest absolute Gasteiger partial charge is 0.489 e. The number of fused-ring (bicyclic) bond motifs is 1. The molecule has 0 saturated heterocycles. The lowest BCUT2D eigenvalue weighted by Gasteiger charge is -2.15. The summed E-state index contributed by atoms with van der Waals surface area (Å²) in [4.78, 5) is 0. The van der Waals surface area contributed by atoms with E-state index in [-0.39, 0.29) is 0 Å². The molecule has 1 aromatic heterocycles. The summed E-state index contributed by atoms with van der Waals surface area (Å²) < 4.78 is 13.5. The normalized spacial score (nSPS) is 11.8. The molecule has 0 amide bonds. The van der Waals surface area contributed by atoms with Crippen LogP contribution < -0.4 is 4.74 Å². The molecule has 0 aliphatic rings. The van der Waals surface area contributed by atoms with Gasteiger partial charge in [-0.3, -0.25) is 0 Å². The van der Waals surface area contributed by atoms with Crippen molar-refractivity contribution in [1.82, 2.24) is 9.78 Å². The summed E-state index contributed by atoms with van der Waals surface area (Å²) in [6.07, 6.45) is 2.02. The summed E-state index contributed by atoms with van der Waals surface area (Å²) in [5, 5.41) is 5.68. The zero-order valence-corrected chi connectivity index (χ0v) is 16.2. The van der Waals surface area contributed by atoms with E-state index in [1.165, 1.54) is 6.04 Å². The van der Waals surface area contributed by atoms with E-state index in [4.69, 9.17) is 9.47 Å². The summed E-state index contributed by atoms with van der Waals surface area (Å²) in [5.74, 6) is 0.834. The first-order valence-corrected chi connectivity index (χ1v) is 12.4. The van der Waals surface area contributed by atoms with Crippen molar-refractivity contribution < 1.29 is 9.47 Å². The minimum Gasteiger partial charge on any atom is -0.489 e. The third-order valence-corrected chi connectivity index (χ3v) is 5.70. The topological polar surface area (TPSA) is 36.3 Å². The summed E-state index contributed by atoms with van der Waals surface area (Å²) >= 11 is 0. The number of hydrogen-bond donors (Lipinski definition) is 0. The molecule has 0 atom stereocenters. The lowest BCUT2D eigenvalue weighted by atomic mass is 10.2. The Kier molecular flexibility index (Phi) is 5.55. The predicted molar refractivity (Wildman–Crippen MR) is 105 cm³/mol. The maximum Gasteiger partial charge on any atom is 0.139 e. The van der Waals surface area contributed by atoms with Gasteiger partial charge in [-0.15, -0.1) is 0 Å². The summed E-state index contributed by atoms with van der Waals surface area (Å²) in [6, 6.07) is 17.4. The van der Waals surface area contributed by atoms with Gasteiger partial charge in [0.05, 0.1) is 5.52 Å². The minimum absolute atomic E-state index is 0.499. The smallest absolute Gasteiger partial charge is 0.139 e. The van der Waals surface area contributed by atoms with Gasteiger partial charge in [-0.25, -0.2) is 4.68 Å². The second-order valence-electron chi connectivity index (χ2n) is 7.51. The second-order valence-corrected chi connectivity index (χ2v) is 13.1. The van der Waals surface area contributed by atoms with Crippen LogP contribution in [0, 0.1) is 0 Å². The molecule has 0 aliphatic heterocycles. The maximum atomic E-state index is 5.87. The van der Waals surface area contributed by atoms with E-state index in [0.29, 0.717) is 13.3 Å². The molecule has 2 aromatic carbocycles. The molecule has 0 aliphatic carbocycles. The first kappa shape index (κ1) is 17.7. The predicted octanol–water partition coefficient (Wildman–Crippen LogP) is 4.93. The van der Waals surface area contributed by atoms with Crippen molar-refractivity contribution in [2.45, 2.75) is 39.0 Å². The fourth-order valence-electron chi connectivity index (χ4n) is 2.48. The standard InChI is InChI=1S/C20H26N2O2Si/c1-25(2,3)12-11-23-16-22-14-18-9-10-19(13-20(18)21-22)24-15-17-7-5-4-6-8-17/h4-10,13-14H,11-12,15-16H2,1-3H3. The fourth-order valence-corrected chi connectivity index (χ4v) is 3.24. The fraction of sp³-hybridized carbons (Fsp3) is 0.350. The van der Waals surface area contributed by atoms with Gasteiger partial charge in [-0.1, -0.05) is 50.0 Å². The first-order chi connectivity index (χ1) is 12.0. The number of hydrogen-bond acceptors (Lipinski definition) is 3. The molecule has 3 rings (SSSR count). The summed E-state index contributed by atoms with van der Waals surface area (Å²) in [7, 11) is -1.04. The van der Waals surface area contributed by atoms with Gasteiger partial charge in [0.2, 0.25) is 0 Å². The molecule has 0 N–H and O–H groups in total. The monoisotopic (exact) mass is 354 g/mol. The van der Waals surface area contributed by atoms with Crippen LogP contribution in [-0.2, 0) is 18.1 Å². The molecule has 0 saturated carbocycles. The van der Waals surface area contributed by atoms with Crippen molar-refractivity contribution in [3.8, 4) is 5.75 Å². The lowest BCUT2D eigenvalue weighted by Crippen LogP contribution is -2.22. The molecule has 0 radical (unpaired) electrons. The zero-order valence-electron chi connectivity index (χ0n) is 15.2. The Labute approximate surface area is 150 Å². The molecule has 132 valence electrons. The summed E-state index contributed by atoms with van der Waals surface area (Å²) in [6.45, 7) is 8.93. The van der Waals surface area contributed by atoms with E-state index < -0.39 is 8.07 Å². The Bertz CT molecular complexity index is 809. The third kappa shape index (κ3) is 5.44. The molecule has 0 spiro atoms. The Morgan fingerprint density at radius 2 is 1.84 bits per heavy atom. The number of benzene rings is 2. The van der Waals surface area contributed by atoms with Crippen LogP contribution in [-0.4, -0.2) is 24.5 Å². The molecule has 5 heteroatoms. The van der Waals surface area contributed by atoms with Gasteiger partial charge >= 0.3 is 0 Å². The van der Waals surface area contributed by atoms with Crippen LogP contribution in [0.15, 0.2) is 54.7 Å². The van der Waals surface area contributed by atoms with Crippen molar-refractivity contribution in [2.24, 2.45) is 0 Å². The van der Waals surface area contributed by atoms with Crippen LogP contribution in [0.25, 0.3) is 10.9 Å². The highest BCUT2D eigenvalue weighted by molar-refractivity contribution is 6.76. The third-order valence-electron chi connectivity index (χ3n) is 3.99. The number of rotatable bonds is 8.